The fourth-order valence-corrected chi connectivity index (χ4v) is 2.74. The van der Waals surface area contributed by atoms with Crippen molar-refractivity contribution in [3.8, 4) is 0 Å². The van der Waals surface area contributed by atoms with Crippen molar-refractivity contribution in [3.05, 3.63) is 33.8 Å². The third kappa shape index (κ3) is 1.73. The van der Waals surface area contributed by atoms with Gasteiger partial charge in [0.2, 0.25) is 0 Å². The van der Waals surface area contributed by atoms with E-state index in [1.165, 1.54) is 28.4 Å². The average Bonchev–Trinajstić information content (AvgIpc) is 2.59. The van der Waals surface area contributed by atoms with Gasteiger partial charge in [0.15, 0.2) is 0 Å². The summed E-state index contributed by atoms with van der Waals surface area (Å²) in [6.07, 6.45) is 2.49. The van der Waals surface area contributed by atoms with Crippen molar-refractivity contribution in [2.75, 3.05) is 6.54 Å². The van der Waals surface area contributed by atoms with Crippen LogP contribution in [0.4, 0.5) is 0 Å². The van der Waals surface area contributed by atoms with Gasteiger partial charge >= 0.3 is 0 Å². The molecule has 0 saturated carbocycles. The van der Waals surface area contributed by atoms with Crippen LogP contribution in [0.15, 0.2) is 22.7 Å². The third-order valence-electron chi connectivity index (χ3n) is 3.29. The highest BCUT2D eigenvalue weighted by atomic mass is 79.9. The van der Waals surface area contributed by atoms with E-state index in [1.54, 1.807) is 0 Å². The summed E-state index contributed by atoms with van der Waals surface area (Å²) in [6.45, 7) is 3.04. The largest absolute Gasteiger partial charge is 0.330 e. The van der Waals surface area contributed by atoms with E-state index in [0.29, 0.717) is 11.8 Å². The molecule has 1 aromatic carbocycles. The molecule has 1 nitrogen and oxygen atoms in total. The second-order valence-electron chi connectivity index (χ2n) is 4.20. The topological polar surface area (TPSA) is 26.0 Å². The quantitative estimate of drug-likeness (QED) is 0.862. The highest BCUT2D eigenvalue weighted by Gasteiger charge is 2.26. The average molecular weight is 254 g/mol. The molecule has 2 atom stereocenters. The number of aryl methyl sites for hydroxylation is 1. The second kappa shape index (κ2) is 4.03. The summed E-state index contributed by atoms with van der Waals surface area (Å²) in [5.41, 5.74) is 8.76. The lowest BCUT2D eigenvalue weighted by Crippen LogP contribution is -2.17. The van der Waals surface area contributed by atoms with Gasteiger partial charge in [-0.25, -0.2) is 0 Å². The maximum Gasteiger partial charge on any atom is 0.0178 e. The van der Waals surface area contributed by atoms with Crippen LogP contribution >= 0.6 is 15.9 Å². The van der Waals surface area contributed by atoms with Crippen LogP contribution in [0.2, 0.25) is 0 Å². The fourth-order valence-electron chi connectivity index (χ4n) is 2.36. The highest BCUT2D eigenvalue weighted by Crippen LogP contribution is 2.39. The minimum Gasteiger partial charge on any atom is -0.330 e. The molecule has 0 aromatic heterocycles. The number of halogens is 1. The van der Waals surface area contributed by atoms with E-state index in [2.05, 4.69) is 41.1 Å². The van der Waals surface area contributed by atoms with Crippen LogP contribution in [0.3, 0.4) is 0 Å². The lowest BCUT2D eigenvalue weighted by molar-refractivity contribution is 0.466. The number of hydrogen-bond acceptors (Lipinski definition) is 1. The van der Waals surface area contributed by atoms with Crippen molar-refractivity contribution in [2.24, 2.45) is 11.7 Å². The molecule has 2 heteroatoms. The first-order valence-electron chi connectivity index (χ1n) is 5.20. The standard InChI is InChI=1S/C12H16BrN/c1-8(7-14)11-5-3-9-2-4-10(13)6-12(9)11/h2,4,6,8,11H,3,5,7,14H2,1H3. The summed E-state index contributed by atoms with van der Waals surface area (Å²) in [4.78, 5) is 0. The molecule has 0 aliphatic heterocycles. The van der Waals surface area contributed by atoms with E-state index < -0.39 is 0 Å². The predicted octanol–water partition coefficient (Wildman–Crippen LogP) is 3.07. The molecule has 0 heterocycles. The maximum absolute atomic E-state index is 5.74. The van der Waals surface area contributed by atoms with Gasteiger partial charge in [0.05, 0.1) is 0 Å². The zero-order valence-corrected chi connectivity index (χ0v) is 10.0. The Morgan fingerprint density at radius 2 is 2.36 bits per heavy atom. The zero-order chi connectivity index (χ0) is 10.1. The third-order valence-corrected chi connectivity index (χ3v) is 3.78. The van der Waals surface area contributed by atoms with Crippen LogP contribution in [-0.2, 0) is 6.42 Å². The van der Waals surface area contributed by atoms with E-state index in [9.17, 15) is 0 Å². The molecule has 0 amide bonds. The number of fused-ring (bicyclic) bond motifs is 1. The van der Waals surface area contributed by atoms with Crippen molar-refractivity contribution >= 4 is 15.9 Å². The molecule has 1 aliphatic rings. The monoisotopic (exact) mass is 253 g/mol. The summed E-state index contributed by atoms with van der Waals surface area (Å²) in [6, 6.07) is 6.64. The molecule has 0 radical (unpaired) electrons. The van der Waals surface area contributed by atoms with Gasteiger partial charge in [-0.05, 0) is 54.5 Å². The van der Waals surface area contributed by atoms with Crippen LogP contribution in [0, 0.1) is 5.92 Å². The zero-order valence-electron chi connectivity index (χ0n) is 8.46. The molecular weight excluding hydrogens is 238 g/mol. The summed E-state index contributed by atoms with van der Waals surface area (Å²) in [7, 11) is 0. The van der Waals surface area contributed by atoms with Gasteiger partial charge in [0, 0.05) is 4.47 Å². The lowest BCUT2D eigenvalue weighted by atomic mass is 9.89. The first-order valence-corrected chi connectivity index (χ1v) is 6.00. The van der Waals surface area contributed by atoms with Gasteiger partial charge < -0.3 is 5.73 Å². The van der Waals surface area contributed by atoms with Crippen LogP contribution in [-0.4, -0.2) is 6.54 Å². The molecule has 2 N–H and O–H groups in total. The fraction of sp³-hybridized carbons (Fsp3) is 0.500. The summed E-state index contributed by atoms with van der Waals surface area (Å²) >= 11 is 3.53. The Labute approximate surface area is 93.8 Å². The van der Waals surface area contributed by atoms with Gasteiger partial charge in [-0.3, -0.25) is 0 Å². The van der Waals surface area contributed by atoms with E-state index in [1.807, 2.05) is 0 Å². The van der Waals surface area contributed by atoms with E-state index in [0.717, 1.165) is 6.54 Å². The van der Waals surface area contributed by atoms with Crippen LogP contribution in [0.1, 0.15) is 30.4 Å². The van der Waals surface area contributed by atoms with Crippen molar-refractivity contribution < 1.29 is 0 Å². The first-order chi connectivity index (χ1) is 6.72. The SMILES string of the molecule is CC(CN)C1CCc2ccc(Br)cc21. The van der Waals surface area contributed by atoms with Gasteiger partial charge in [-0.2, -0.15) is 0 Å². The molecule has 0 bridgehead atoms. The molecule has 0 fully saturated rings. The lowest BCUT2D eigenvalue weighted by Gasteiger charge is -2.18. The van der Waals surface area contributed by atoms with E-state index in [4.69, 9.17) is 5.73 Å². The first kappa shape index (κ1) is 10.2. The number of rotatable bonds is 2. The van der Waals surface area contributed by atoms with E-state index in [-0.39, 0.29) is 0 Å². The molecule has 0 spiro atoms. The van der Waals surface area contributed by atoms with Crippen molar-refractivity contribution in [1.29, 1.82) is 0 Å². The molecule has 1 aromatic rings. The predicted molar refractivity (Wildman–Crippen MR) is 63.4 cm³/mol. The molecule has 1 aliphatic carbocycles. The highest BCUT2D eigenvalue weighted by molar-refractivity contribution is 9.10. The van der Waals surface area contributed by atoms with Gasteiger partial charge in [0.1, 0.15) is 0 Å². The molecule has 76 valence electrons. The van der Waals surface area contributed by atoms with Gasteiger partial charge in [-0.1, -0.05) is 28.9 Å². The Balaban J connectivity index is 2.33. The Morgan fingerprint density at radius 3 is 3.07 bits per heavy atom. The number of nitrogens with two attached hydrogens (primary N) is 1. The molecule has 0 saturated heterocycles. The molecule has 2 unspecified atom stereocenters. The molecular formula is C12H16BrN. The second-order valence-corrected chi connectivity index (χ2v) is 5.12. The smallest absolute Gasteiger partial charge is 0.0178 e. The van der Waals surface area contributed by atoms with Crippen molar-refractivity contribution in [3.63, 3.8) is 0 Å². The summed E-state index contributed by atoms with van der Waals surface area (Å²) < 4.78 is 1.19. The van der Waals surface area contributed by atoms with Crippen LogP contribution in [0.25, 0.3) is 0 Å². The normalized spacial score (nSPS) is 22.1. The Bertz CT molecular complexity index is 335. The minimum atomic E-state index is 0.602. The van der Waals surface area contributed by atoms with E-state index >= 15 is 0 Å². The van der Waals surface area contributed by atoms with Crippen molar-refractivity contribution in [1.82, 2.24) is 0 Å². The van der Waals surface area contributed by atoms with Gasteiger partial charge in [-0.15, -0.1) is 0 Å². The van der Waals surface area contributed by atoms with Crippen molar-refractivity contribution in [2.45, 2.75) is 25.7 Å². The van der Waals surface area contributed by atoms with Gasteiger partial charge in [0.25, 0.3) is 0 Å². The molecule has 2 rings (SSSR count). The summed E-state index contributed by atoms with van der Waals surface area (Å²) in [5.74, 6) is 1.28. The Morgan fingerprint density at radius 1 is 1.57 bits per heavy atom. The Hall–Kier alpha value is -0.340. The number of benzene rings is 1. The van der Waals surface area contributed by atoms with Crippen LogP contribution in [0.5, 0.6) is 0 Å². The summed E-state index contributed by atoms with van der Waals surface area (Å²) in [5, 5.41) is 0. The number of hydrogen-bond donors (Lipinski definition) is 1. The minimum absolute atomic E-state index is 0.602. The Kier molecular flexibility index (Phi) is 2.93. The maximum atomic E-state index is 5.74. The van der Waals surface area contributed by atoms with Crippen LogP contribution < -0.4 is 5.73 Å². The molecule has 14 heavy (non-hydrogen) atoms.